The fourth-order valence-corrected chi connectivity index (χ4v) is 2.11. The number of carbonyl (C=O) groups is 1. The molecular formula is C12H15BrN2O4. The van der Waals surface area contributed by atoms with Gasteiger partial charge >= 0.3 is 5.97 Å². The number of aliphatic carboxylic acids is 1. The molecule has 0 aliphatic heterocycles. The largest absolute Gasteiger partial charge is 0.481 e. The second-order valence-corrected chi connectivity index (χ2v) is 5.05. The molecule has 6 nitrogen and oxygen atoms in total. The van der Waals surface area contributed by atoms with E-state index in [0.717, 1.165) is 0 Å². The number of hydrogen-bond acceptors (Lipinski definition) is 4. The quantitative estimate of drug-likeness (QED) is 0.617. The van der Waals surface area contributed by atoms with E-state index in [1.807, 2.05) is 0 Å². The minimum Gasteiger partial charge on any atom is -0.481 e. The molecule has 0 bridgehead atoms. The number of nitrogens with one attached hydrogen (secondary N) is 1. The Bertz CT molecular complexity index is 505. The number of nitrogens with zero attached hydrogens (tertiary/aromatic N) is 1. The molecule has 1 aromatic carbocycles. The van der Waals surface area contributed by atoms with E-state index in [9.17, 15) is 14.9 Å². The number of nitro benzene ring substituents is 1. The van der Waals surface area contributed by atoms with Gasteiger partial charge in [-0.2, -0.15) is 0 Å². The predicted octanol–water partition coefficient (Wildman–Crippen LogP) is 3.19. The third-order valence-electron chi connectivity index (χ3n) is 2.86. The van der Waals surface area contributed by atoms with Gasteiger partial charge in [-0.1, -0.05) is 6.92 Å². The molecule has 104 valence electrons. The maximum atomic E-state index is 10.9. The summed E-state index contributed by atoms with van der Waals surface area (Å²) in [5.41, 5.74) is 1.21. The van der Waals surface area contributed by atoms with Crippen molar-refractivity contribution in [3.8, 4) is 0 Å². The van der Waals surface area contributed by atoms with Crippen LogP contribution in [0.25, 0.3) is 0 Å². The highest BCUT2D eigenvalue weighted by Crippen LogP contribution is 2.30. The van der Waals surface area contributed by atoms with Crippen LogP contribution < -0.4 is 5.32 Å². The van der Waals surface area contributed by atoms with Crippen LogP contribution in [0.5, 0.6) is 0 Å². The van der Waals surface area contributed by atoms with Crippen LogP contribution in [0, 0.1) is 23.0 Å². The zero-order chi connectivity index (χ0) is 14.6. The van der Waals surface area contributed by atoms with E-state index in [2.05, 4.69) is 21.2 Å². The Labute approximate surface area is 119 Å². The standard InChI is InChI=1S/C12H15BrN2O4/c1-3-8(12(16)17)6-14-10-4-7(2)11(15(18)19)5-9(10)13/h4-5,8,14H,3,6H2,1-2H3,(H,16,17). The molecule has 1 aromatic rings. The van der Waals surface area contributed by atoms with Gasteiger partial charge in [-0.3, -0.25) is 14.9 Å². The second-order valence-electron chi connectivity index (χ2n) is 4.20. The number of nitro groups is 1. The molecule has 1 rings (SSSR count). The molecule has 0 aromatic heterocycles. The Balaban J connectivity index is 2.88. The van der Waals surface area contributed by atoms with Gasteiger partial charge in [0.05, 0.1) is 10.8 Å². The first kappa shape index (κ1) is 15.4. The third kappa shape index (κ3) is 3.92. The Kier molecular flexibility index (Phi) is 5.29. The van der Waals surface area contributed by atoms with Crippen LogP contribution in [0.3, 0.4) is 0 Å². The van der Waals surface area contributed by atoms with Gasteiger partial charge in [0.1, 0.15) is 0 Å². The topological polar surface area (TPSA) is 92.5 Å². The first-order valence-corrected chi connectivity index (χ1v) is 6.57. The fraction of sp³-hybridized carbons (Fsp3) is 0.417. The maximum Gasteiger partial charge on any atom is 0.308 e. The molecular weight excluding hydrogens is 316 g/mol. The highest BCUT2D eigenvalue weighted by Gasteiger charge is 2.17. The SMILES string of the molecule is CCC(CNc1cc(C)c([N+](=O)[O-])cc1Br)C(=O)O. The Morgan fingerprint density at radius 3 is 2.68 bits per heavy atom. The van der Waals surface area contributed by atoms with E-state index in [0.29, 0.717) is 22.1 Å². The number of anilines is 1. The number of carboxylic acids is 1. The average molecular weight is 331 g/mol. The summed E-state index contributed by atoms with van der Waals surface area (Å²) in [4.78, 5) is 21.2. The number of carboxylic acid groups (broad SMARTS) is 1. The van der Waals surface area contributed by atoms with Crippen molar-refractivity contribution < 1.29 is 14.8 Å². The van der Waals surface area contributed by atoms with Crippen LogP contribution in [0.15, 0.2) is 16.6 Å². The molecule has 0 amide bonds. The minimum atomic E-state index is -0.857. The maximum absolute atomic E-state index is 10.9. The lowest BCUT2D eigenvalue weighted by atomic mass is 10.1. The van der Waals surface area contributed by atoms with Gasteiger partial charge in [-0.15, -0.1) is 0 Å². The highest BCUT2D eigenvalue weighted by molar-refractivity contribution is 9.10. The molecule has 0 heterocycles. The van der Waals surface area contributed by atoms with E-state index in [-0.39, 0.29) is 12.2 Å². The molecule has 0 aliphatic carbocycles. The summed E-state index contributed by atoms with van der Waals surface area (Å²) in [5.74, 6) is -1.34. The van der Waals surface area contributed by atoms with Crippen molar-refractivity contribution in [1.29, 1.82) is 0 Å². The molecule has 19 heavy (non-hydrogen) atoms. The summed E-state index contributed by atoms with van der Waals surface area (Å²) in [7, 11) is 0. The molecule has 0 saturated carbocycles. The van der Waals surface area contributed by atoms with E-state index in [4.69, 9.17) is 5.11 Å². The highest BCUT2D eigenvalue weighted by atomic mass is 79.9. The van der Waals surface area contributed by atoms with Crippen LogP contribution in [0.4, 0.5) is 11.4 Å². The van der Waals surface area contributed by atoms with Gasteiger partial charge in [0.15, 0.2) is 0 Å². The molecule has 0 spiro atoms. The van der Waals surface area contributed by atoms with Crippen molar-refractivity contribution >= 4 is 33.3 Å². The first-order valence-electron chi connectivity index (χ1n) is 5.78. The summed E-state index contributed by atoms with van der Waals surface area (Å²) < 4.78 is 0.546. The van der Waals surface area contributed by atoms with Crippen molar-refractivity contribution in [2.75, 3.05) is 11.9 Å². The Morgan fingerprint density at radius 2 is 2.21 bits per heavy atom. The van der Waals surface area contributed by atoms with Crippen LogP contribution in [0.1, 0.15) is 18.9 Å². The molecule has 1 atom stereocenters. The molecule has 7 heteroatoms. The van der Waals surface area contributed by atoms with E-state index < -0.39 is 16.8 Å². The van der Waals surface area contributed by atoms with Crippen LogP contribution in [-0.2, 0) is 4.79 Å². The normalized spacial score (nSPS) is 11.9. The number of rotatable bonds is 6. The summed E-state index contributed by atoms with van der Waals surface area (Å²) in [5, 5.41) is 22.7. The smallest absolute Gasteiger partial charge is 0.308 e. The van der Waals surface area contributed by atoms with Gasteiger partial charge < -0.3 is 10.4 Å². The summed E-state index contributed by atoms with van der Waals surface area (Å²) in [6, 6.07) is 3.05. The van der Waals surface area contributed by atoms with Gasteiger partial charge in [0, 0.05) is 28.3 Å². The van der Waals surface area contributed by atoms with Crippen molar-refractivity contribution in [2.45, 2.75) is 20.3 Å². The molecule has 0 saturated heterocycles. The fourth-order valence-electron chi connectivity index (χ4n) is 1.64. The number of hydrogen-bond donors (Lipinski definition) is 2. The van der Waals surface area contributed by atoms with Gasteiger partial charge in [0.25, 0.3) is 5.69 Å². The third-order valence-corrected chi connectivity index (χ3v) is 3.52. The van der Waals surface area contributed by atoms with Crippen LogP contribution in [0.2, 0.25) is 0 Å². The van der Waals surface area contributed by atoms with E-state index in [1.165, 1.54) is 6.07 Å². The monoisotopic (exact) mass is 330 g/mol. The second kappa shape index (κ2) is 6.51. The zero-order valence-corrected chi connectivity index (χ0v) is 12.2. The Hall–Kier alpha value is -1.63. The molecule has 2 N–H and O–H groups in total. The zero-order valence-electron chi connectivity index (χ0n) is 10.6. The lowest BCUT2D eigenvalue weighted by Crippen LogP contribution is -2.22. The Morgan fingerprint density at radius 1 is 1.58 bits per heavy atom. The van der Waals surface area contributed by atoms with Crippen molar-refractivity contribution in [2.24, 2.45) is 5.92 Å². The molecule has 1 unspecified atom stereocenters. The van der Waals surface area contributed by atoms with Gasteiger partial charge in [-0.05, 0) is 35.3 Å². The van der Waals surface area contributed by atoms with Gasteiger partial charge in [-0.25, -0.2) is 0 Å². The van der Waals surface area contributed by atoms with Gasteiger partial charge in [0.2, 0.25) is 0 Å². The average Bonchev–Trinajstić information content (AvgIpc) is 2.32. The summed E-state index contributed by atoms with van der Waals surface area (Å²) in [6.07, 6.45) is 0.520. The van der Waals surface area contributed by atoms with Crippen LogP contribution in [-0.4, -0.2) is 22.5 Å². The molecule has 0 aliphatic rings. The van der Waals surface area contributed by atoms with Crippen molar-refractivity contribution in [3.63, 3.8) is 0 Å². The van der Waals surface area contributed by atoms with Crippen molar-refractivity contribution in [1.82, 2.24) is 0 Å². The summed E-state index contributed by atoms with van der Waals surface area (Å²) in [6.45, 7) is 3.72. The predicted molar refractivity (Wildman–Crippen MR) is 75.4 cm³/mol. The number of benzene rings is 1. The first-order chi connectivity index (χ1) is 8.86. The number of halogens is 1. The summed E-state index contributed by atoms with van der Waals surface area (Å²) >= 11 is 3.24. The van der Waals surface area contributed by atoms with E-state index >= 15 is 0 Å². The molecule has 0 fully saturated rings. The van der Waals surface area contributed by atoms with E-state index in [1.54, 1.807) is 19.9 Å². The van der Waals surface area contributed by atoms with Crippen molar-refractivity contribution in [3.05, 3.63) is 32.3 Å². The minimum absolute atomic E-state index is 0.0303. The molecule has 0 radical (unpaired) electrons. The lowest BCUT2D eigenvalue weighted by Gasteiger charge is -2.14. The van der Waals surface area contributed by atoms with Crippen LogP contribution >= 0.6 is 15.9 Å². The lowest BCUT2D eigenvalue weighted by molar-refractivity contribution is -0.385. The number of aryl methyl sites for hydroxylation is 1.